The molecular weight excluding hydrogens is 264 g/mol. The number of carbonyl (C=O) groups is 1. The van der Waals surface area contributed by atoms with Gasteiger partial charge in [-0.2, -0.15) is 0 Å². The van der Waals surface area contributed by atoms with Crippen molar-refractivity contribution in [2.75, 3.05) is 6.61 Å². The number of nitrogens with one attached hydrogen (secondary N) is 1. The first-order valence-corrected chi connectivity index (χ1v) is 7.75. The van der Waals surface area contributed by atoms with Crippen molar-refractivity contribution in [3.8, 4) is 0 Å². The largest absolute Gasteiger partial charge is 0.375 e. The van der Waals surface area contributed by atoms with Gasteiger partial charge in [0.15, 0.2) is 0 Å². The zero-order valence-corrected chi connectivity index (χ0v) is 13.0. The van der Waals surface area contributed by atoms with Crippen LogP contribution >= 0.6 is 0 Å². The van der Waals surface area contributed by atoms with E-state index in [0.29, 0.717) is 0 Å². The maximum atomic E-state index is 12.6. The molecule has 2 aliphatic heterocycles. The van der Waals surface area contributed by atoms with Gasteiger partial charge >= 0.3 is 0 Å². The first kappa shape index (κ1) is 14.5. The summed E-state index contributed by atoms with van der Waals surface area (Å²) in [4.78, 5) is 14.7. The van der Waals surface area contributed by atoms with Crippen molar-refractivity contribution < 1.29 is 9.53 Å². The minimum absolute atomic E-state index is 0.0207. The van der Waals surface area contributed by atoms with Crippen LogP contribution in [0.3, 0.4) is 0 Å². The number of nitrogens with zero attached hydrogens (tertiary/aromatic N) is 1. The van der Waals surface area contributed by atoms with Crippen LogP contribution in [0.2, 0.25) is 0 Å². The minimum atomic E-state index is -0.156. The van der Waals surface area contributed by atoms with E-state index in [4.69, 9.17) is 4.74 Å². The summed E-state index contributed by atoms with van der Waals surface area (Å²) in [5.41, 5.74) is 0.996. The van der Waals surface area contributed by atoms with E-state index in [1.165, 1.54) is 0 Å². The summed E-state index contributed by atoms with van der Waals surface area (Å²) in [7, 11) is 0. The summed E-state index contributed by atoms with van der Waals surface area (Å²) in [5.74, 6) is 0.201. The topological polar surface area (TPSA) is 41.6 Å². The molecule has 0 aromatic heterocycles. The smallest absolute Gasteiger partial charge is 0.241 e. The highest BCUT2D eigenvalue weighted by Gasteiger charge is 2.44. The second-order valence-corrected chi connectivity index (χ2v) is 6.70. The number of ether oxygens (including phenoxy) is 1. The van der Waals surface area contributed by atoms with Gasteiger partial charge in [0.05, 0.1) is 11.6 Å². The fraction of sp³-hybridized carbons (Fsp3) is 0.588. The van der Waals surface area contributed by atoms with Gasteiger partial charge in [0.1, 0.15) is 6.17 Å². The molecule has 3 rings (SSSR count). The molecule has 1 aromatic rings. The van der Waals surface area contributed by atoms with Gasteiger partial charge < -0.3 is 9.64 Å². The van der Waals surface area contributed by atoms with Gasteiger partial charge in [0.25, 0.3) is 0 Å². The Morgan fingerprint density at radius 1 is 1.29 bits per heavy atom. The van der Waals surface area contributed by atoms with Gasteiger partial charge in [-0.3, -0.25) is 10.1 Å². The van der Waals surface area contributed by atoms with Crippen LogP contribution in [0.15, 0.2) is 30.3 Å². The molecule has 4 nitrogen and oxygen atoms in total. The summed E-state index contributed by atoms with van der Waals surface area (Å²) < 4.78 is 5.80. The molecule has 2 saturated heterocycles. The molecule has 0 saturated carbocycles. The molecule has 3 atom stereocenters. The highest BCUT2D eigenvalue weighted by atomic mass is 16.5. The summed E-state index contributed by atoms with van der Waals surface area (Å²) in [5, 5.41) is 3.43. The first-order valence-electron chi connectivity index (χ1n) is 7.75. The van der Waals surface area contributed by atoms with Crippen LogP contribution < -0.4 is 5.32 Å². The molecule has 0 spiro atoms. The molecule has 1 N–H and O–H groups in total. The Kier molecular flexibility index (Phi) is 3.76. The molecule has 2 fully saturated rings. The van der Waals surface area contributed by atoms with E-state index < -0.39 is 0 Å². The lowest BCUT2D eigenvalue weighted by Crippen LogP contribution is -2.48. The van der Waals surface area contributed by atoms with Gasteiger partial charge in [-0.05, 0) is 39.2 Å². The molecule has 0 aliphatic carbocycles. The Morgan fingerprint density at radius 2 is 2.00 bits per heavy atom. The third kappa shape index (κ3) is 2.83. The highest BCUT2D eigenvalue weighted by Crippen LogP contribution is 2.35. The number of carbonyl (C=O) groups excluding carboxylic acids is 1. The van der Waals surface area contributed by atoms with Crippen LogP contribution in [0.1, 0.15) is 45.3 Å². The number of benzene rings is 1. The van der Waals surface area contributed by atoms with Crippen molar-refractivity contribution in [2.45, 2.75) is 57.5 Å². The molecule has 2 aliphatic rings. The summed E-state index contributed by atoms with van der Waals surface area (Å²) in [6.07, 6.45) is 1.77. The molecule has 1 aromatic carbocycles. The second kappa shape index (κ2) is 5.43. The first-order chi connectivity index (χ1) is 9.98. The van der Waals surface area contributed by atoms with Crippen LogP contribution in [-0.4, -0.2) is 35.1 Å². The fourth-order valence-electron chi connectivity index (χ4n) is 3.46. The minimum Gasteiger partial charge on any atom is -0.375 e. The molecule has 21 heavy (non-hydrogen) atoms. The third-order valence-electron chi connectivity index (χ3n) is 4.49. The van der Waals surface area contributed by atoms with Crippen LogP contribution in [-0.2, 0) is 9.53 Å². The standard InChI is InChI=1S/C17H24N2O2/c1-12-16(20)19(14-9-10-21-17(2,3)11-14)15(18-12)13-7-5-4-6-8-13/h4-8,12,14-15,18H,9-11H2,1-3H3. The lowest BCUT2D eigenvalue weighted by atomic mass is 9.92. The van der Waals surface area contributed by atoms with E-state index in [1.54, 1.807) is 0 Å². The highest BCUT2D eigenvalue weighted by molar-refractivity contribution is 5.84. The summed E-state index contributed by atoms with van der Waals surface area (Å²) in [6, 6.07) is 10.3. The van der Waals surface area contributed by atoms with E-state index in [1.807, 2.05) is 30.0 Å². The molecule has 1 amide bonds. The van der Waals surface area contributed by atoms with Crippen LogP contribution in [0.4, 0.5) is 0 Å². The second-order valence-electron chi connectivity index (χ2n) is 6.70. The molecule has 3 unspecified atom stereocenters. The molecule has 0 bridgehead atoms. The van der Waals surface area contributed by atoms with Crippen molar-refractivity contribution in [1.29, 1.82) is 0 Å². The van der Waals surface area contributed by atoms with Gasteiger partial charge in [0, 0.05) is 12.6 Å². The Bertz CT molecular complexity index is 515. The quantitative estimate of drug-likeness (QED) is 0.909. The Morgan fingerprint density at radius 3 is 2.67 bits per heavy atom. The van der Waals surface area contributed by atoms with Gasteiger partial charge in [0.2, 0.25) is 5.91 Å². The normalized spacial score (nSPS) is 32.4. The van der Waals surface area contributed by atoms with E-state index in [2.05, 4.69) is 31.3 Å². The SMILES string of the molecule is CC1NC(c2ccccc2)N(C2CCOC(C)(C)C2)C1=O. The molecule has 114 valence electrons. The number of amides is 1. The average Bonchev–Trinajstić information content (AvgIpc) is 2.75. The van der Waals surface area contributed by atoms with Crippen molar-refractivity contribution in [3.63, 3.8) is 0 Å². The maximum Gasteiger partial charge on any atom is 0.241 e. The van der Waals surface area contributed by atoms with Crippen molar-refractivity contribution in [1.82, 2.24) is 10.2 Å². The number of hydrogen-bond acceptors (Lipinski definition) is 3. The molecule has 2 heterocycles. The fourth-order valence-corrected chi connectivity index (χ4v) is 3.46. The predicted molar refractivity (Wildman–Crippen MR) is 81.7 cm³/mol. The molecule has 4 heteroatoms. The maximum absolute atomic E-state index is 12.6. The van der Waals surface area contributed by atoms with Gasteiger partial charge in [-0.1, -0.05) is 30.3 Å². The third-order valence-corrected chi connectivity index (χ3v) is 4.49. The van der Waals surface area contributed by atoms with E-state index >= 15 is 0 Å². The summed E-state index contributed by atoms with van der Waals surface area (Å²) >= 11 is 0. The molecule has 0 radical (unpaired) electrons. The van der Waals surface area contributed by atoms with Crippen LogP contribution in [0.25, 0.3) is 0 Å². The van der Waals surface area contributed by atoms with Crippen LogP contribution in [0, 0.1) is 0 Å². The zero-order valence-electron chi connectivity index (χ0n) is 13.0. The Hall–Kier alpha value is -1.39. The van der Waals surface area contributed by atoms with E-state index in [-0.39, 0.29) is 29.8 Å². The Labute approximate surface area is 126 Å². The molecular formula is C17H24N2O2. The van der Waals surface area contributed by atoms with Crippen molar-refractivity contribution in [2.24, 2.45) is 0 Å². The van der Waals surface area contributed by atoms with Gasteiger partial charge in [-0.25, -0.2) is 0 Å². The summed E-state index contributed by atoms with van der Waals surface area (Å²) in [6.45, 7) is 6.88. The van der Waals surface area contributed by atoms with Crippen LogP contribution in [0.5, 0.6) is 0 Å². The average molecular weight is 288 g/mol. The Balaban J connectivity index is 1.88. The predicted octanol–water partition coefficient (Wildman–Crippen LogP) is 2.46. The van der Waals surface area contributed by atoms with E-state index in [9.17, 15) is 4.79 Å². The lowest BCUT2D eigenvalue weighted by molar-refractivity contribution is -0.139. The van der Waals surface area contributed by atoms with Gasteiger partial charge in [-0.15, -0.1) is 0 Å². The number of hydrogen-bond donors (Lipinski definition) is 1. The lowest BCUT2D eigenvalue weighted by Gasteiger charge is -2.41. The number of rotatable bonds is 2. The monoisotopic (exact) mass is 288 g/mol. The van der Waals surface area contributed by atoms with E-state index in [0.717, 1.165) is 25.0 Å². The van der Waals surface area contributed by atoms with Crippen molar-refractivity contribution in [3.05, 3.63) is 35.9 Å². The zero-order chi connectivity index (χ0) is 15.0. The van der Waals surface area contributed by atoms with Crippen molar-refractivity contribution >= 4 is 5.91 Å².